The lowest BCUT2D eigenvalue weighted by Crippen LogP contribution is -2.48. The van der Waals surface area contributed by atoms with Crippen molar-refractivity contribution in [2.75, 3.05) is 6.54 Å². The summed E-state index contributed by atoms with van der Waals surface area (Å²) in [5.41, 5.74) is 0. The van der Waals surface area contributed by atoms with Crippen molar-refractivity contribution in [1.82, 2.24) is 8.84 Å². The van der Waals surface area contributed by atoms with Crippen LogP contribution in [-0.4, -0.2) is 27.3 Å². The topological polar surface area (TPSA) is 40.6 Å². The van der Waals surface area contributed by atoms with Crippen LogP contribution >= 0.6 is 23.6 Å². The minimum absolute atomic E-state index is 0.211. The molecule has 62 valence electrons. The Morgan fingerprint density at radius 1 is 1.45 bits per heavy atom. The number of rotatable bonds is 0. The number of carbonyl (C=O) groups is 2. The lowest BCUT2D eigenvalue weighted by molar-refractivity contribution is -0.130. The molecule has 0 bridgehead atoms. The fraction of sp³-hybridized carbons (Fsp3) is 0.600. The second-order valence-electron chi connectivity index (χ2n) is 2.35. The van der Waals surface area contributed by atoms with Crippen LogP contribution in [0.1, 0.15) is 6.92 Å². The Bertz CT molecular complexity index is 189. The number of nitrogens with zero attached hydrogens (tertiary/aromatic N) is 2. The Labute approximate surface area is 73.9 Å². The van der Waals surface area contributed by atoms with Crippen LogP contribution in [0.2, 0.25) is 0 Å². The summed E-state index contributed by atoms with van der Waals surface area (Å²) in [7, 11) is 0. The number of halogens is 2. The maximum Gasteiger partial charge on any atom is 0.356 e. The van der Waals surface area contributed by atoms with E-state index >= 15 is 0 Å². The van der Waals surface area contributed by atoms with Crippen molar-refractivity contribution in [2.24, 2.45) is 5.92 Å². The first kappa shape index (κ1) is 8.62. The summed E-state index contributed by atoms with van der Waals surface area (Å²) in [6.45, 7) is 1.86. The molecule has 0 aromatic heterocycles. The third kappa shape index (κ3) is 1.41. The number of hydrogen-bond donors (Lipinski definition) is 0. The van der Waals surface area contributed by atoms with Gasteiger partial charge in [0.1, 0.15) is 0 Å². The normalized spacial score (nSPS) is 26.3. The van der Waals surface area contributed by atoms with Gasteiger partial charge in [-0.15, -0.1) is 0 Å². The van der Waals surface area contributed by atoms with Crippen molar-refractivity contribution in [3.8, 4) is 0 Å². The molecule has 0 aromatic rings. The van der Waals surface area contributed by atoms with Gasteiger partial charge in [-0.3, -0.25) is 4.79 Å². The van der Waals surface area contributed by atoms with Crippen LogP contribution in [0.4, 0.5) is 4.79 Å². The quantitative estimate of drug-likeness (QED) is 0.547. The molecule has 0 radical (unpaired) electrons. The Hall–Kier alpha value is -0.480. The predicted molar refractivity (Wildman–Crippen MR) is 39.8 cm³/mol. The van der Waals surface area contributed by atoms with Crippen molar-refractivity contribution < 1.29 is 9.59 Å². The van der Waals surface area contributed by atoms with Gasteiger partial charge >= 0.3 is 6.03 Å². The van der Waals surface area contributed by atoms with E-state index in [2.05, 4.69) is 0 Å². The molecule has 1 heterocycles. The lowest BCUT2D eigenvalue weighted by Gasteiger charge is -2.28. The van der Waals surface area contributed by atoms with Crippen molar-refractivity contribution in [3.63, 3.8) is 0 Å². The first-order valence-electron chi connectivity index (χ1n) is 3.01. The van der Waals surface area contributed by atoms with Gasteiger partial charge in [0.15, 0.2) is 0 Å². The third-order valence-corrected chi connectivity index (χ3v) is 2.02. The fourth-order valence-electron chi connectivity index (χ4n) is 0.780. The van der Waals surface area contributed by atoms with E-state index in [0.29, 0.717) is 4.42 Å². The molecule has 3 amide bonds. The summed E-state index contributed by atoms with van der Waals surface area (Å²) in [6, 6.07) is -0.684. The zero-order valence-electron chi connectivity index (χ0n) is 5.75. The molecule has 1 fully saturated rings. The van der Waals surface area contributed by atoms with Crippen LogP contribution < -0.4 is 0 Å². The van der Waals surface area contributed by atoms with E-state index in [0.717, 1.165) is 4.42 Å². The summed E-state index contributed by atoms with van der Waals surface area (Å²) < 4.78 is 1.39. The molecule has 0 aromatic carbocycles. The Morgan fingerprint density at radius 2 is 2.00 bits per heavy atom. The Balaban J connectivity index is 2.79. The average Bonchev–Trinajstić information content (AvgIpc) is 1.97. The van der Waals surface area contributed by atoms with Gasteiger partial charge in [-0.25, -0.2) is 9.21 Å². The second kappa shape index (κ2) is 2.87. The lowest BCUT2D eigenvalue weighted by atomic mass is 10.1. The molecular formula is C5H6Cl2N2O2. The molecule has 1 aliphatic rings. The van der Waals surface area contributed by atoms with Crippen LogP contribution in [0.25, 0.3) is 0 Å². The van der Waals surface area contributed by atoms with Crippen molar-refractivity contribution in [1.29, 1.82) is 0 Å². The van der Waals surface area contributed by atoms with E-state index in [1.165, 1.54) is 0 Å². The van der Waals surface area contributed by atoms with Gasteiger partial charge in [-0.05, 0) is 0 Å². The van der Waals surface area contributed by atoms with Gasteiger partial charge in [0.25, 0.3) is 0 Å². The minimum atomic E-state index is -0.684. The van der Waals surface area contributed by atoms with E-state index < -0.39 is 11.9 Å². The number of amides is 3. The zero-order valence-corrected chi connectivity index (χ0v) is 7.26. The van der Waals surface area contributed by atoms with Crippen LogP contribution in [0.15, 0.2) is 0 Å². The van der Waals surface area contributed by atoms with Crippen LogP contribution in [0.3, 0.4) is 0 Å². The Morgan fingerprint density at radius 3 is 2.55 bits per heavy atom. The summed E-state index contributed by atoms with van der Waals surface area (Å²) in [4.78, 5) is 21.8. The Kier molecular flexibility index (Phi) is 2.25. The molecule has 0 spiro atoms. The van der Waals surface area contributed by atoms with Gasteiger partial charge in [0.2, 0.25) is 5.91 Å². The highest BCUT2D eigenvalue weighted by Gasteiger charge is 2.35. The van der Waals surface area contributed by atoms with Crippen molar-refractivity contribution >= 4 is 35.5 Å². The number of urea groups is 1. The molecule has 0 N–H and O–H groups in total. The summed E-state index contributed by atoms with van der Waals surface area (Å²) in [5.74, 6) is -0.740. The van der Waals surface area contributed by atoms with Crippen LogP contribution in [0.5, 0.6) is 0 Å². The van der Waals surface area contributed by atoms with E-state index in [4.69, 9.17) is 23.6 Å². The molecule has 1 saturated heterocycles. The van der Waals surface area contributed by atoms with E-state index in [-0.39, 0.29) is 12.5 Å². The maximum atomic E-state index is 11.0. The van der Waals surface area contributed by atoms with E-state index in [1.54, 1.807) is 6.92 Å². The van der Waals surface area contributed by atoms with Crippen molar-refractivity contribution in [2.45, 2.75) is 6.92 Å². The molecule has 1 rings (SSSR count). The van der Waals surface area contributed by atoms with Gasteiger partial charge in [-0.1, -0.05) is 6.92 Å². The summed E-state index contributed by atoms with van der Waals surface area (Å²) >= 11 is 10.7. The second-order valence-corrected chi connectivity index (χ2v) is 3.09. The third-order valence-electron chi connectivity index (χ3n) is 1.42. The molecule has 0 aliphatic carbocycles. The molecule has 4 nitrogen and oxygen atoms in total. The first-order chi connectivity index (χ1) is 5.04. The standard InChI is InChI=1S/C5H6Cl2N2O2/c1-3-2-8(6)5(11)9(7)4(3)10/h3H,2H2,1H3. The molecular weight excluding hydrogens is 191 g/mol. The van der Waals surface area contributed by atoms with Crippen LogP contribution in [-0.2, 0) is 4.79 Å². The summed E-state index contributed by atoms with van der Waals surface area (Å²) in [6.07, 6.45) is 0. The van der Waals surface area contributed by atoms with Gasteiger partial charge < -0.3 is 0 Å². The highest BCUT2D eigenvalue weighted by atomic mass is 35.5. The SMILES string of the molecule is CC1CN(Cl)C(=O)N(Cl)C1=O. The number of imide groups is 1. The monoisotopic (exact) mass is 196 g/mol. The fourth-order valence-corrected chi connectivity index (χ4v) is 1.36. The maximum absolute atomic E-state index is 11.0. The molecule has 11 heavy (non-hydrogen) atoms. The molecule has 1 atom stereocenters. The molecule has 0 saturated carbocycles. The molecule has 1 aliphatic heterocycles. The smallest absolute Gasteiger partial charge is 0.273 e. The predicted octanol–water partition coefficient (Wildman–Crippen LogP) is 1.19. The summed E-state index contributed by atoms with van der Waals surface area (Å²) in [5, 5.41) is 0. The van der Waals surface area contributed by atoms with E-state index in [9.17, 15) is 9.59 Å². The largest absolute Gasteiger partial charge is 0.356 e. The van der Waals surface area contributed by atoms with Gasteiger partial charge in [0, 0.05) is 23.6 Å². The van der Waals surface area contributed by atoms with Crippen molar-refractivity contribution in [3.05, 3.63) is 0 Å². The first-order valence-corrected chi connectivity index (χ1v) is 3.68. The average molecular weight is 197 g/mol. The number of hydrogen-bond acceptors (Lipinski definition) is 2. The highest BCUT2D eigenvalue weighted by molar-refractivity contribution is 6.34. The van der Waals surface area contributed by atoms with E-state index in [1.807, 2.05) is 0 Å². The van der Waals surface area contributed by atoms with Crippen LogP contribution in [0, 0.1) is 5.92 Å². The minimum Gasteiger partial charge on any atom is -0.273 e. The zero-order chi connectivity index (χ0) is 8.59. The molecule has 6 heteroatoms. The number of carbonyl (C=O) groups excluding carboxylic acids is 2. The van der Waals surface area contributed by atoms with Gasteiger partial charge in [-0.2, -0.15) is 4.42 Å². The molecule has 1 unspecified atom stereocenters. The highest BCUT2D eigenvalue weighted by Crippen LogP contribution is 2.18. The van der Waals surface area contributed by atoms with Gasteiger partial charge in [0.05, 0.1) is 12.5 Å².